The Morgan fingerprint density at radius 3 is 2.61 bits per heavy atom. The van der Waals surface area contributed by atoms with Crippen molar-refractivity contribution in [1.82, 2.24) is 20.5 Å². The van der Waals surface area contributed by atoms with E-state index in [0.29, 0.717) is 30.7 Å². The minimum Gasteiger partial charge on any atom is -0.497 e. The second-order valence-corrected chi connectivity index (χ2v) is 11.4. The van der Waals surface area contributed by atoms with Crippen LogP contribution < -0.4 is 15.4 Å². The highest BCUT2D eigenvalue weighted by molar-refractivity contribution is 7.98. The first-order chi connectivity index (χ1) is 20.0. The molecule has 1 aromatic heterocycles. The number of hydrogen-bond donors (Lipinski definition) is 3. The molecular formula is C32H32N4O4S. The van der Waals surface area contributed by atoms with Crippen molar-refractivity contribution in [3.63, 3.8) is 0 Å². The van der Waals surface area contributed by atoms with Gasteiger partial charge in [0.15, 0.2) is 0 Å². The molecule has 3 heterocycles. The van der Waals surface area contributed by atoms with Crippen LogP contribution in [0.5, 0.6) is 5.75 Å². The molecule has 0 spiro atoms. The molecule has 3 amide bonds. The van der Waals surface area contributed by atoms with Crippen LogP contribution in [0.2, 0.25) is 0 Å². The lowest BCUT2D eigenvalue weighted by molar-refractivity contribution is -0.132. The van der Waals surface area contributed by atoms with E-state index < -0.39 is 12.1 Å². The van der Waals surface area contributed by atoms with Gasteiger partial charge in [-0.1, -0.05) is 48.5 Å². The van der Waals surface area contributed by atoms with E-state index in [-0.39, 0.29) is 23.8 Å². The van der Waals surface area contributed by atoms with Gasteiger partial charge in [0.05, 0.1) is 13.2 Å². The van der Waals surface area contributed by atoms with Crippen molar-refractivity contribution in [3.05, 3.63) is 101 Å². The number of para-hydroxylation sites is 1. The Bertz CT molecular complexity index is 1620. The Kier molecular flexibility index (Phi) is 7.45. The molecule has 210 valence electrons. The van der Waals surface area contributed by atoms with Crippen molar-refractivity contribution in [3.8, 4) is 5.75 Å². The third-order valence-corrected chi connectivity index (χ3v) is 8.67. The molecule has 0 saturated carbocycles. The van der Waals surface area contributed by atoms with Gasteiger partial charge in [0.1, 0.15) is 17.8 Å². The van der Waals surface area contributed by atoms with Crippen LogP contribution >= 0.6 is 11.8 Å². The monoisotopic (exact) mass is 568 g/mol. The third-order valence-electron chi connectivity index (χ3n) is 8.02. The first kappa shape index (κ1) is 27.0. The minimum absolute atomic E-state index is 0.167. The number of amides is 3. The smallest absolute Gasteiger partial charge is 0.255 e. The van der Waals surface area contributed by atoms with E-state index in [0.717, 1.165) is 39.0 Å². The van der Waals surface area contributed by atoms with Gasteiger partial charge in [-0.3, -0.25) is 14.4 Å². The van der Waals surface area contributed by atoms with Crippen molar-refractivity contribution in [1.29, 1.82) is 0 Å². The maximum atomic E-state index is 14.0. The SMILES string of the molecule is COc1ccc(CNC(=O)C(CCSC)NC(=O)C2Cc3c([nH]c4ccccc34)C3c4ccccc4C(=O)N23)cc1. The van der Waals surface area contributed by atoms with Gasteiger partial charge in [0.25, 0.3) is 5.91 Å². The molecule has 0 aliphatic carbocycles. The summed E-state index contributed by atoms with van der Waals surface area (Å²) in [4.78, 5) is 46.3. The second-order valence-electron chi connectivity index (χ2n) is 10.4. The number of fused-ring (bicyclic) bond motifs is 7. The maximum absolute atomic E-state index is 14.0. The van der Waals surface area contributed by atoms with Gasteiger partial charge >= 0.3 is 0 Å². The van der Waals surface area contributed by atoms with Crippen LogP contribution in [0.3, 0.4) is 0 Å². The molecule has 2 aliphatic heterocycles. The standard InChI is InChI=1S/C32H32N4O4S/c1-40-20-13-11-19(12-14-20)18-33-30(37)26(15-16-41-2)35-31(38)27-17-24-21-7-5-6-10-25(21)34-28(24)29-22-8-3-4-9-23(22)32(39)36(27)29/h3-14,26-27,29,34H,15-18H2,1-2H3,(H,33,37)(H,35,38). The fourth-order valence-corrected chi connectivity index (χ4v) is 6.44. The number of benzene rings is 3. The number of aromatic nitrogens is 1. The molecule has 8 nitrogen and oxygen atoms in total. The van der Waals surface area contributed by atoms with Crippen molar-refractivity contribution in [2.24, 2.45) is 0 Å². The summed E-state index contributed by atoms with van der Waals surface area (Å²) in [7, 11) is 1.61. The summed E-state index contributed by atoms with van der Waals surface area (Å²) in [6.45, 7) is 0.332. The van der Waals surface area contributed by atoms with Gasteiger partial charge < -0.3 is 25.3 Å². The summed E-state index contributed by atoms with van der Waals surface area (Å²) in [6.07, 6.45) is 2.81. The Labute approximate surface area is 242 Å². The number of thioether (sulfide) groups is 1. The van der Waals surface area contributed by atoms with Crippen molar-refractivity contribution >= 4 is 40.4 Å². The molecule has 9 heteroatoms. The molecule has 3 unspecified atom stereocenters. The van der Waals surface area contributed by atoms with Crippen LogP contribution in [0.1, 0.15) is 45.2 Å². The van der Waals surface area contributed by atoms with Gasteiger partial charge in [0, 0.05) is 35.1 Å². The molecule has 41 heavy (non-hydrogen) atoms. The summed E-state index contributed by atoms with van der Waals surface area (Å²) in [6, 6.07) is 21.2. The van der Waals surface area contributed by atoms with E-state index in [2.05, 4.69) is 15.6 Å². The Hall–Kier alpha value is -4.24. The number of hydrogen-bond acceptors (Lipinski definition) is 5. The number of carbonyl (C=O) groups is 3. The molecule has 0 bridgehead atoms. The third kappa shape index (κ3) is 4.95. The van der Waals surface area contributed by atoms with Crippen LogP contribution in [-0.4, -0.2) is 58.8 Å². The number of carbonyl (C=O) groups excluding carboxylic acids is 3. The summed E-state index contributed by atoms with van der Waals surface area (Å²) in [5, 5.41) is 7.04. The number of nitrogens with zero attached hydrogens (tertiary/aromatic N) is 1. The molecule has 3 N–H and O–H groups in total. The maximum Gasteiger partial charge on any atom is 0.255 e. The average Bonchev–Trinajstić information content (AvgIpc) is 3.53. The van der Waals surface area contributed by atoms with Gasteiger partial charge in [-0.2, -0.15) is 11.8 Å². The molecule has 0 fully saturated rings. The molecule has 3 atom stereocenters. The van der Waals surface area contributed by atoms with Gasteiger partial charge in [0.2, 0.25) is 11.8 Å². The van der Waals surface area contributed by atoms with E-state index in [4.69, 9.17) is 4.74 Å². The predicted molar refractivity (Wildman–Crippen MR) is 160 cm³/mol. The number of rotatable bonds is 9. The topological polar surface area (TPSA) is 104 Å². The first-order valence-corrected chi connectivity index (χ1v) is 15.1. The zero-order chi connectivity index (χ0) is 28.5. The molecule has 4 aromatic rings. The van der Waals surface area contributed by atoms with Crippen LogP contribution in [-0.2, 0) is 22.6 Å². The van der Waals surface area contributed by atoms with Crippen LogP contribution in [0, 0.1) is 0 Å². The van der Waals surface area contributed by atoms with Gasteiger partial charge in [-0.15, -0.1) is 0 Å². The summed E-state index contributed by atoms with van der Waals surface area (Å²) in [5.41, 5.74) is 5.39. The summed E-state index contributed by atoms with van der Waals surface area (Å²) >= 11 is 1.62. The normalized spacial score (nSPS) is 17.9. The summed E-state index contributed by atoms with van der Waals surface area (Å²) < 4.78 is 5.21. The van der Waals surface area contributed by atoms with Crippen LogP contribution in [0.25, 0.3) is 10.9 Å². The van der Waals surface area contributed by atoms with Crippen LogP contribution in [0.4, 0.5) is 0 Å². The Morgan fingerprint density at radius 2 is 1.83 bits per heavy atom. The van der Waals surface area contributed by atoms with Crippen molar-refractivity contribution in [2.75, 3.05) is 19.1 Å². The Morgan fingerprint density at radius 1 is 1.07 bits per heavy atom. The molecule has 0 saturated heterocycles. The largest absolute Gasteiger partial charge is 0.497 e. The number of nitrogens with one attached hydrogen (secondary N) is 3. The number of ether oxygens (including phenoxy) is 1. The first-order valence-electron chi connectivity index (χ1n) is 13.7. The summed E-state index contributed by atoms with van der Waals surface area (Å²) in [5.74, 6) is 0.708. The van der Waals surface area contributed by atoms with E-state index >= 15 is 0 Å². The number of aromatic amines is 1. The molecule has 2 aliphatic rings. The molecule has 0 radical (unpaired) electrons. The van der Waals surface area contributed by atoms with Crippen molar-refractivity contribution < 1.29 is 19.1 Å². The second kappa shape index (κ2) is 11.3. The van der Waals surface area contributed by atoms with Gasteiger partial charge in [-0.05, 0) is 59.4 Å². The minimum atomic E-state index is -0.752. The highest BCUT2D eigenvalue weighted by Gasteiger charge is 2.49. The molecule has 3 aromatic carbocycles. The zero-order valence-electron chi connectivity index (χ0n) is 23.0. The lowest BCUT2D eigenvalue weighted by Crippen LogP contribution is -2.56. The van der Waals surface area contributed by atoms with E-state index in [1.54, 1.807) is 23.8 Å². The van der Waals surface area contributed by atoms with Crippen molar-refractivity contribution in [2.45, 2.75) is 37.5 Å². The fourth-order valence-electron chi connectivity index (χ4n) is 5.97. The Balaban J connectivity index is 1.27. The number of methoxy groups -OCH3 is 1. The fraction of sp³-hybridized carbons (Fsp3) is 0.281. The lowest BCUT2D eigenvalue weighted by atomic mass is 9.89. The van der Waals surface area contributed by atoms with Crippen LogP contribution in [0.15, 0.2) is 72.8 Å². The molecule has 6 rings (SSSR count). The molecular weight excluding hydrogens is 536 g/mol. The van der Waals surface area contributed by atoms with E-state index in [1.165, 1.54) is 0 Å². The highest BCUT2D eigenvalue weighted by Crippen LogP contribution is 2.46. The predicted octanol–water partition coefficient (Wildman–Crippen LogP) is 4.20. The lowest BCUT2D eigenvalue weighted by Gasteiger charge is -2.37. The van der Waals surface area contributed by atoms with E-state index in [9.17, 15) is 14.4 Å². The average molecular weight is 569 g/mol. The highest BCUT2D eigenvalue weighted by atomic mass is 32.2. The zero-order valence-corrected chi connectivity index (χ0v) is 23.8. The van der Waals surface area contributed by atoms with Gasteiger partial charge in [-0.25, -0.2) is 0 Å². The number of H-pyrrole nitrogens is 1. The van der Waals surface area contributed by atoms with E-state index in [1.807, 2.05) is 79.1 Å². The quantitative estimate of drug-likeness (QED) is 0.281.